The highest BCUT2D eigenvalue weighted by Crippen LogP contribution is 2.30. The largest absolute Gasteiger partial charge is 0.478 e. The van der Waals surface area contributed by atoms with Gasteiger partial charge in [-0.1, -0.05) is 31.2 Å². The third-order valence-corrected chi connectivity index (χ3v) is 9.08. The molecule has 4 aromatic rings. The summed E-state index contributed by atoms with van der Waals surface area (Å²) in [7, 11) is -1.23. The van der Waals surface area contributed by atoms with Gasteiger partial charge in [0.05, 0.1) is 32.4 Å². The number of rotatable bonds is 9. The molecule has 3 aromatic heterocycles. The number of hydrogen-bond acceptors (Lipinski definition) is 6. The van der Waals surface area contributed by atoms with Crippen LogP contribution in [0.2, 0.25) is 30.7 Å². The van der Waals surface area contributed by atoms with Crippen LogP contribution < -0.4 is 5.32 Å². The Balaban J connectivity index is 1.55. The van der Waals surface area contributed by atoms with Crippen LogP contribution in [0, 0.1) is 3.57 Å². The van der Waals surface area contributed by atoms with E-state index >= 15 is 0 Å². The summed E-state index contributed by atoms with van der Waals surface area (Å²) < 4.78 is 8.42. The fraction of sp³-hybridized carbons (Fsp3) is 0.250. The quantitative estimate of drug-likeness (QED) is 0.119. The van der Waals surface area contributed by atoms with Crippen molar-refractivity contribution in [2.24, 2.45) is 0 Å². The first-order valence-corrected chi connectivity index (χ1v) is 17.0. The minimum atomic E-state index is -1.23. The zero-order chi connectivity index (χ0) is 26.0. The Labute approximate surface area is 231 Å². The number of fused-ring (bicyclic) bond motifs is 1. The minimum Gasteiger partial charge on any atom is -0.478 e. The van der Waals surface area contributed by atoms with Crippen LogP contribution in [0.15, 0.2) is 42.7 Å². The van der Waals surface area contributed by atoms with Crippen LogP contribution in [0.5, 0.6) is 0 Å². The zero-order valence-corrected chi connectivity index (χ0v) is 24.6. The van der Waals surface area contributed by atoms with E-state index in [2.05, 4.69) is 57.5 Å². The van der Waals surface area contributed by atoms with Gasteiger partial charge in [-0.25, -0.2) is 14.8 Å². The van der Waals surface area contributed by atoms with E-state index in [9.17, 15) is 14.7 Å². The van der Waals surface area contributed by atoms with Crippen molar-refractivity contribution < 1.29 is 19.4 Å². The van der Waals surface area contributed by atoms with Crippen molar-refractivity contribution in [2.45, 2.75) is 32.4 Å². The molecule has 0 aliphatic carbocycles. The lowest BCUT2D eigenvalue weighted by Crippen LogP contribution is -2.22. The molecular formula is C24H24ClIN4O4SSi. The molecule has 0 bridgehead atoms. The third kappa shape index (κ3) is 6.32. The van der Waals surface area contributed by atoms with Crippen LogP contribution in [0.1, 0.15) is 20.0 Å². The molecular weight excluding hydrogens is 631 g/mol. The van der Waals surface area contributed by atoms with Crippen molar-refractivity contribution in [3.05, 3.63) is 61.8 Å². The van der Waals surface area contributed by atoms with Crippen molar-refractivity contribution >= 4 is 82.3 Å². The molecule has 1 aromatic carbocycles. The van der Waals surface area contributed by atoms with Crippen LogP contribution in [-0.4, -0.2) is 46.2 Å². The maximum absolute atomic E-state index is 12.8. The van der Waals surface area contributed by atoms with Crippen molar-refractivity contribution in [1.29, 1.82) is 0 Å². The SMILES string of the molecule is C[Si](C)(C)CCOCn1cc(C(=O)O)c2nc(-c3ccc(C(=O)Nc4ccc(I)cc4Cl)s3)cnc21. The Hall–Kier alpha value is -2.32. The van der Waals surface area contributed by atoms with E-state index in [0.717, 1.165) is 9.61 Å². The molecule has 0 saturated heterocycles. The maximum Gasteiger partial charge on any atom is 0.339 e. The second-order valence-electron chi connectivity index (χ2n) is 9.34. The van der Waals surface area contributed by atoms with Gasteiger partial charge in [-0.05, 0) is 59.0 Å². The molecule has 1 amide bonds. The number of nitrogens with one attached hydrogen (secondary N) is 1. The van der Waals surface area contributed by atoms with Gasteiger partial charge in [0.15, 0.2) is 5.65 Å². The van der Waals surface area contributed by atoms with Crippen molar-refractivity contribution in [3.63, 3.8) is 0 Å². The Morgan fingerprint density at radius 1 is 1.25 bits per heavy atom. The highest BCUT2D eigenvalue weighted by atomic mass is 127. The number of thiophene rings is 1. The number of carboxylic acid groups (broad SMARTS) is 1. The fourth-order valence-electron chi connectivity index (χ4n) is 3.34. The lowest BCUT2D eigenvalue weighted by Gasteiger charge is -2.15. The molecule has 0 aliphatic heterocycles. The van der Waals surface area contributed by atoms with Gasteiger partial charge in [0.1, 0.15) is 17.8 Å². The predicted molar refractivity (Wildman–Crippen MR) is 154 cm³/mol. The molecule has 0 saturated carbocycles. The average molecular weight is 655 g/mol. The molecule has 0 aliphatic rings. The number of anilines is 1. The fourth-order valence-corrected chi connectivity index (χ4v) is 5.85. The van der Waals surface area contributed by atoms with Gasteiger partial charge in [0.25, 0.3) is 5.91 Å². The number of carbonyl (C=O) groups is 2. The highest BCUT2D eigenvalue weighted by molar-refractivity contribution is 14.1. The molecule has 0 radical (unpaired) electrons. The van der Waals surface area contributed by atoms with E-state index in [1.165, 1.54) is 17.5 Å². The average Bonchev–Trinajstić information content (AvgIpc) is 3.43. The van der Waals surface area contributed by atoms with Crippen molar-refractivity contribution in [3.8, 4) is 10.6 Å². The molecule has 12 heteroatoms. The number of aromatic nitrogens is 3. The topological polar surface area (TPSA) is 106 Å². The summed E-state index contributed by atoms with van der Waals surface area (Å²) >= 11 is 9.61. The van der Waals surface area contributed by atoms with Crippen LogP contribution in [0.25, 0.3) is 21.7 Å². The summed E-state index contributed by atoms with van der Waals surface area (Å²) in [6.45, 7) is 7.62. The zero-order valence-electron chi connectivity index (χ0n) is 19.8. The summed E-state index contributed by atoms with van der Waals surface area (Å²) in [5, 5.41) is 13.0. The number of benzene rings is 1. The maximum atomic E-state index is 12.8. The molecule has 36 heavy (non-hydrogen) atoms. The molecule has 0 unspecified atom stereocenters. The first-order valence-electron chi connectivity index (χ1n) is 11.1. The van der Waals surface area contributed by atoms with Gasteiger partial charge in [-0.15, -0.1) is 11.3 Å². The van der Waals surface area contributed by atoms with E-state index in [1.54, 1.807) is 35.0 Å². The smallest absolute Gasteiger partial charge is 0.339 e. The van der Waals surface area contributed by atoms with Crippen LogP contribution in [-0.2, 0) is 11.5 Å². The lowest BCUT2D eigenvalue weighted by atomic mass is 10.3. The number of ether oxygens (including phenoxy) is 1. The van der Waals surface area contributed by atoms with Gasteiger partial charge in [0, 0.05) is 24.4 Å². The van der Waals surface area contributed by atoms with E-state index in [0.29, 0.717) is 38.4 Å². The van der Waals surface area contributed by atoms with Crippen LogP contribution >= 0.6 is 45.5 Å². The van der Waals surface area contributed by atoms with E-state index in [4.69, 9.17) is 16.3 Å². The van der Waals surface area contributed by atoms with Gasteiger partial charge < -0.3 is 19.7 Å². The standard InChI is InChI=1S/C24H24ClIN4O4SSi/c1-36(2,3)9-8-34-13-30-12-15(24(32)33)21-22(30)27-11-18(28-21)19-6-7-20(35-19)23(31)29-17-5-4-14(26)10-16(17)25/h4-7,10-12H,8-9,13H2,1-3H3,(H,29,31)(H,32,33). The first kappa shape index (κ1) is 26.7. The Morgan fingerprint density at radius 3 is 2.72 bits per heavy atom. The first-order chi connectivity index (χ1) is 17.0. The number of aromatic carboxylic acids is 1. The molecule has 2 N–H and O–H groups in total. The van der Waals surface area contributed by atoms with Crippen LogP contribution in [0.4, 0.5) is 5.69 Å². The molecule has 0 atom stereocenters. The van der Waals surface area contributed by atoms with Crippen molar-refractivity contribution in [2.75, 3.05) is 11.9 Å². The molecule has 188 valence electrons. The monoisotopic (exact) mass is 654 g/mol. The summed E-state index contributed by atoms with van der Waals surface area (Å²) in [5.41, 5.74) is 1.78. The van der Waals surface area contributed by atoms with Gasteiger partial charge in [-0.3, -0.25) is 4.79 Å². The Bertz CT molecular complexity index is 1450. The van der Waals surface area contributed by atoms with Gasteiger partial charge in [-0.2, -0.15) is 0 Å². The number of halogens is 2. The number of hydrogen-bond donors (Lipinski definition) is 2. The normalized spacial score (nSPS) is 11.7. The lowest BCUT2D eigenvalue weighted by molar-refractivity contribution is 0.0695. The van der Waals surface area contributed by atoms with E-state index in [1.807, 2.05) is 6.07 Å². The number of carbonyl (C=O) groups excluding carboxylic acids is 1. The third-order valence-electron chi connectivity index (χ3n) is 5.28. The van der Waals surface area contributed by atoms with Crippen molar-refractivity contribution in [1.82, 2.24) is 14.5 Å². The van der Waals surface area contributed by atoms with E-state index in [-0.39, 0.29) is 23.7 Å². The van der Waals surface area contributed by atoms with E-state index < -0.39 is 14.0 Å². The minimum absolute atomic E-state index is 0.0519. The molecule has 4 rings (SSSR count). The predicted octanol–water partition coefficient (Wildman–Crippen LogP) is 6.68. The summed E-state index contributed by atoms with van der Waals surface area (Å²) in [4.78, 5) is 34.8. The summed E-state index contributed by atoms with van der Waals surface area (Å²) in [6, 6.07) is 9.85. The molecule has 0 fully saturated rings. The molecule has 8 nitrogen and oxygen atoms in total. The number of carboxylic acids is 1. The van der Waals surface area contributed by atoms with Gasteiger partial charge in [0.2, 0.25) is 0 Å². The number of nitrogens with zero attached hydrogens (tertiary/aromatic N) is 3. The second-order valence-corrected chi connectivity index (χ2v) is 17.7. The number of amides is 1. The summed E-state index contributed by atoms with van der Waals surface area (Å²) in [6.07, 6.45) is 3.08. The second kappa shape index (κ2) is 11.0. The van der Waals surface area contributed by atoms with Crippen LogP contribution in [0.3, 0.4) is 0 Å². The highest BCUT2D eigenvalue weighted by Gasteiger charge is 2.20. The summed E-state index contributed by atoms with van der Waals surface area (Å²) in [5.74, 6) is -1.39. The van der Waals surface area contributed by atoms with Gasteiger partial charge >= 0.3 is 5.97 Å². The molecule has 3 heterocycles. The molecule has 0 spiro atoms. The Kier molecular flexibility index (Phi) is 8.14. The Morgan fingerprint density at radius 2 is 2.03 bits per heavy atom.